The smallest absolute Gasteiger partial charge is 0.263 e. The van der Waals surface area contributed by atoms with Crippen LogP contribution in [0.2, 0.25) is 0 Å². The lowest BCUT2D eigenvalue weighted by Gasteiger charge is -2.21. The fraction of sp³-hybridized carbons (Fsp3) is 0.318. The molecule has 2 atom stereocenters. The summed E-state index contributed by atoms with van der Waals surface area (Å²) in [5.41, 5.74) is 2.94. The molecule has 4 rings (SSSR count). The minimum Gasteiger partial charge on any atom is -0.493 e. The fourth-order valence-electron chi connectivity index (χ4n) is 3.78. The van der Waals surface area contributed by atoms with Crippen molar-refractivity contribution >= 4 is 29.1 Å². The number of benzene rings is 2. The molecule has 1 N–H and O–H groups in total. The van der Waals surface area contributed by atoms with Crippen molar-refractivity contribution in [2.75, 3.05) is 31.0 Å². The number of methoxy groups -OCH3 is 2. The quantitative estimate of drug-likeness (QED) is 0.694. The Morgan fingerprint density at radius 1 is 1.03 bits per heavy atom. The van der Waals surface area contributed by atoms with Crippen molar-refractivity contribution in [3.8, 4) is 11.5 Å². The zero-order valence-corrected chi connectivity index (χ0v) is 18.2. The zero-order valence-electron chi connectivity index (χ0n) is 18.2. The lowest BCUT2D eigenvalue weighted by atomic mass is 10.1. The second kappa shape index (κ2) is 8.29. The number of carbonyl (C=O) groups is 3. The third-order valence-corrected chi connectivity index (χ3v) is 5.46. The van der Waals surface area contributed by atoms with Crippen LogP contribution in [0.5, 0.6) is 11.5 Å². The molecule has 2 heterocycles. The van der Waals surface area contributed by atoms with E-state index in [-0.39, 0.29) is 12.5 Å². The van der Waals surface area contributed by atoms with Crippen molar-refractivity contribution in [3.63, 3.8) is 0 Å². The Morgan fingerprint density at radius 3 is 2.50 bits per heavy atom. The normalized spacial score (nSPS) is 19.4. The largest absolute Gasteiger partial charge is 0.493 e. The summed E-state index contributed by atoms with van der Waals surface area (Å²) >= 11 is 0. The summed E-state index contributed by atoms with van der Waals surface area (Å²) in [4.78, 5) is 39.7. The van der Waals surface area contributed by atoms with Gasteiger partial charge in [-0.3, -0.25) is 19.4 Å². The van der Waals surface area contributed by atoms with E-state index >= 15 is 0 Å². The molecular weight excluding hydrogens is 414 g/mol. The van der Waals surface area contributed by atoms with E-state index in [4.69, 9.17) is 9.47 Å². The van der Waals surface area contributed by atoms with Crippen LogP contribution in [0.15, 0.2) is 46.7 Å². The Labute approximate surface area is 184 Å². The monoisotopic (exact) mass is 437 g/mol. The molecule has 2 aliphatic rings. The number of hydrogen-bond acceptors (Lipinski definition) is 8. The van der Waals surface area contributed by atoms with E-state index in [1.54, 1.807) is 18.2 Å². The fourth-order valence-corrected chi connectivity index (χ4v) is 3.78. The summed E-state index contributed by atoms with van der Waals surface area (Å²) in [6, 6.07) is 8.51. The summed E-state index contributed by atoms with van der Waals surface area (Å²) in [6.45, 7) is 3.61. The van der Waals surface area contributed by atoms with E-state index in [0.717, 1.165) is 16.0 Å². The first-order valence-corrected chi connectivity index (χ1v) is 9.98. The van der Waals surface area contributed by atoms with Crippen LogP contribution in [0.1, 0.15) is 11.1 Å². The van der Waals surface area contributed by atoms with Gasteiger partial charge in [-0.25, -0.2) is 4.90 Å². The van der Waals surface area contributed by atoms with Crippen LogP contribution in [-0.2, 0) is 14.4 Å². The van der Waals surface area contributed by atoms with Crippen LogP contribution < -0.4 is 19.7 Å². The molecule has 32 heavy (non-hydrogen) atoms. The van der Waals surface area contributed by atoms with Crippen LogP contribution in [0.25, 0.3) is 0 Å². The number of aryl methyl sites for hydroxylation is 2. The topological polar surface area (TPSA) is 113 Å². The van der Waals surface area contributed by atoms with Gasteiger partial charge in [-0.15, -0.1) is 0 Å². The number of fused-ring (bicyclic) bond motifs is 1. The second-order valence-corrected chi connectivity index (χ2v) is 7.61. The summed E-state index contributed by atoms with van der Waals surface area (Å²) in [7, 11) is 2.96. The number of hydrogen-bond donors (Lipinski definition) is 1. The number of ether oxygens (including phenoxy) is 2. The first-order valence-electron chi connectivity index (χ1n) is 9.98. The molecule has 10 nitrogen and oxygen atoms in total. The van der Waals surface area contributed by atoms with E-state index in [1.165, 1.54) is 19.2 Å². The Hall–Kier alpha value is -3.95. The molecule has 0 aliphatic carbocycles. The molecule has 0 unspecified atom stereocenters. The maximum Gasteiger partial charge on any atom is 0.263 e. The molecule has 2 aliphatic heterocycles. The van der Waals surface area contributed by atoms with E-state index in [0.29, 0.717) is 22.9 Å². The van der Waals surface area contributed by atoms with Gasteiger partial charge in [0.1, 0.15) is 6.54 Å². The van der Waals surface area contributed by atoms with Gasteiger partial charge >= 0.3 is 0 Å². The van der Waals surface area contributed by atoms with Crippen molar-refractivity contribution in [1.29, 1.82) is 0 Å². The molecule has 0 spiro atoms. The van der Waals surface area contributed by atoms with Gasteiger partial charge in [0.15, 0.2) is 23.6 Å². The second-order valence-electron chi connectivity index (χ2n) is 7.61. The number of imide groups is 1. The third-order valence-electron chi connectivity index (χ3n) is 5.46. The number of carbonyl (C=O) groups excluding carboxylic acids is 3. The van der Waals surface area contributed by atoms with Crippen LogP contribution in [0.4, 0.5) is 11.4 Å². The summed E-state index contributed by atoms with van der Waals surface area (Å²) < 4.78 is 10.5. The van der Waals surface area contributed by atoms with E-state index in [2.05, 4.69) is 15.7 Å². The molecule has 1 fully saturated rings. The molecule has 0 saturated carbocycles. The Morgan fingerprint density at radius 2 is 1.78 bits per heavy atom. The van der Waals surface area contributed by atoms with Gasteiger partial charge in [-0.1, -0.05) is 17.4 Å². The van der Waals surface area contributed by atoms with Gasteiger partial charge in [-0.05, 0) is 43.2 Å². The molecule has 10 heteroatoms. The highest BCUT2D eigenvalue weighted by Gasteiger charge is 2.55. The molecule has 3 amide bonds. The molecule has 1 saturated heterocycles. The van der Waals surface area contributed by atoms with E-state index < -0.39 is 23.9 Å². The highest BCUT2D eigenvalue weighted by atomic mass is 16.5. The standard InChI is InChI=1S/C22H23N5O5/c1-12-5-6-13(2)15(9-12)23-18(28)11-26-20-19(24-25-26)21(29)27(22(20)30)14-7-8-16(31-3)17(10-14)32-4/h5-10,19-20H,11H2,1-4H3,(H,23,28)/t19-,20+/m1/s1. The van der Waals surface area contributed by atoms with Crippen molar-refractivity contribution in [2.45, 2.75) is 25.9 Å². The van der Waals surface area contributed by atoms with Gasteiger partial charge in [0.05, 0.1) is 19.9 Å². The van der Waals surface area contributed by atoms with E-state index in [9.17, 15) is 14.4 Å². The first kappa shape index (κ1) is 21.3. The molecule has 0 radical (unpaired) electrons. The molecule has 0 bridgehead atoms. The zero-order chi connectivity index (χ0) is 23.0. The predicted octanol–water partition coefficient (Wildman–Crippen LogP) is 2.25. The lowest BCUT2D eigenvalue weighted by molar-refractivity contribution is -0.123. The molecule has 2 aromatic rings. The lowest BCUT2D eigenvalue weighted by Crippen LogP contribution is -2.43. The van der Waals surface area contributed by atoms with Gasteiger partial charge < -0.3 is 14.8 Å². The van der Waals surface area contributed by atoms with Crippen LogP contribution in [0, 0.1) is 13.8 Å². The Bertz CT molecular complexity index is 1130. The summed E-state index contributed by atoms with van der Waals surface area (Å²) in [5, 5.41) is 12.0. The average Bonchev–Trinajstić information content (AvgIpc) is 3.29. The molecule has 2 aromatic carbocycles. The molecular formula is C22H23N5O5. The number of nitrogens with zero attached hydrogens (tertiary/aromatic N) is 4. The SMILES string of the molecule is COc1ccc(N2C(=O)[C@@H]3[C@@H](N=NN3CC(=O)Nc3cc(C)ccc3C)C2=O)cc1OC. The number of amides is 3. The maximum absolute atomic E-state index is 13.1. The Kier molecular flexibility index (Phi) is 5.52. The van der Waals surface area contributed by atoms with E-state index in [1.807, 2.05) is 32.0 Å². The summed E-state index contributed by atoms with van der Waals surface area (Å²) in [6.07, 6.45) is 0. The van der Waals surface area contributed by atoms with Crippen LogP contribution in [0.3, 0.4) is 0 Å². The minimum absolute atomic E-state index is 0.211. The van der Waals surface area contributed by atoms with Gasteiger partial charge in [0, 0.05) is 11.8 Å². The first-order chi connectivity index (χ1) is 15.3. The average molecular weight is 437 g/mol. The third kappa shape index (κ3) is 3.64. The molecule has 0 aromatic heterocycles. The maximum atomic E-state index is 13.1. The van der Waals surface area contributed by atoms with Gasteiger partial charge in [0.2, 0.25) is 5.91 Å². The van der Waals surface area contributed by atoms with Crippen molar-refractivity contribution in [3.05, 3.63) is 47.5 Å². The highest BCUT2D eigenvalue weighted by Crippen LogP contribution is 2.36. The van der Waals surface area contributed by atoms with Crippen molar-refractivity contribution < 1.29 is 23.9 Å². The number of rotatable bonds is 6. The number of anilines is 2. The highest BCUT2D eigenvalue weighted by molar-refractivity contribution is 6.25. The minimum atomic E-state index is -0.996. The molecule has 166 valence electrons. The Balaban J connectivity index is 1.52. The van der Waals surface area contributed by atoms with Gasteiger partial charge in [0.25, 0.3) is 11.8 Å². The summed E-state index contributed by atoms with van der Waals surface area (Å²) in [5.74, 6) is -0.512. The van der Waals surface area contributed by atoms with Crippen molar-refractivity contribution in [2.24, 2.45) is 10.3 Å². The van der Waals surface area contributed by atoms with Crippen molar-refractivity contribution in [1.82, 2.24) is 5.01 Å². The van der Waals surface area contributed by atoms with Crippen LogP contribution in [-0.4, -0.2) is 55.6 Å². The van der Waals surface area contributed by atoms with Gasteiger partial charge in [-0.2, -0.15) is 5.11 Å². The number of nitrogens with one attached hydrogen (secondary N) is 1. The predicted molar refractivity (Wildman–Crippen MR) is 116 cm³/mol. The van der Waals surface area contributed by atoms with Crippen LogP contribution >= 0.6 is 0 Å².